The third-order valence-electron chi connectivity index (χ3n) is 1.70. The summed E-state index contributed by atoms with van der Waals surface area (Å²) in [6, 6.07) is 0. The van der Waals surface area contributed by atoms with Crippen LogP contribution in [-0.2, 0) is 9.47 Å². The molecule has 1 aliphatic rings. The molecule has 0 aromatic heterocycles. The van der Waals surface area contributed by atoms with E-state index in [0.717, 1.165) is 19.6 Å². The van der Waals surface area contributed by atoms with Crippen LogP contribution in [0.2, 0.25) is 0 Å². The van der Waals surface area contributed by atoms with Crippen LogP contribution in [0.15, 0.2) is 0 Å². The Hall–Kier alpha value is 0.500. The summed E-state index contributed by atoms with van der Waals surface area (Å²) in [5.74, 6) is 0.286. The molecule has 0 bridgehead atoms. The van der Waals surface area contributed by atoms with E-state index in [2.05, 4.69) is 0 Å². The standard InChI is InChI=1S/C7H12Cl2O2/c8-3-2-7(6-9)10-4-1-5-11-7/h1-6H2. The van der Waals surface area contributed by atoms with Gasteiger partial charge in [0.15, 0.2) is 5.79 Å². The molecule has 1 fully saturated rings. The molecule has 1 aliphatic heterocycles. The fourth-order valence-corrected chi connectivity index (χ4v) is 1.63. The van der Waals surface area contributed by atoms with E-state index in [1.54, 1.807) is 0 Å². The molecule has 0 aromatic carbocycles. The molecular weight excluding hydrogens is 187 g/mol. The summed E-state index contributed by atoms with van der Waals surface area (Å²) in [6.07, 6.45) is 1.61. The molecular formula is C7H12Cl2O2. The van der Waals surface area contributed by atoms with Crippen molar-refractivity contribution in [2.24, 2.45) is 0 Å². The molecule has 0 radical (unpaired) electrons. The van der Waals surface area contributed by atoms with Crippen LogP contribution in [0.1, 0.15) is 12.8 Å². The number of hydrogen-bond acceptors (Lipinski definition) is 2. The van der Waals surface area contributed by atoms with Crippen LogP contribution < -0.4 is 0 Å². The highest BCUT2D eigenvalue weighted by atomic mass is 35.5. The van der Waals surface area contributed by atoms with Crippen LogP contribution in [0.25, 0.3) is 0 Å². The van der Waals surface area contributed by atoms with Gasteiger partial charge in [0, 0.05) is 12.3 Å². The molecule has 2 nitrogen and oxygen atoms in total. The van der Waals surface area contributed by atoms with Gasteiger partial charge in [-0.3, -0.25) is 0 Å². The first-order valence-electron chi connectivity index (χ1n) is 3.73. The lowest BCUT2D eigenvalue weighted by Gasteiger charge is -2.35. The zero-order valence-electron chi connectivity index (χ0n) is 6.32. The van der Waals surface area contributed by atoms with Gasteiger partial charge in [-0.15, -0.1) is 23.2 Å². The molecule has 66 valence electrons. The van der Waals surface area contributed by atoms with Crippen molar-refractivity contribution in [1.29, 1.82) is 0 Å². The van der Waals surface area contributed by atoms with Crippen molar-refractivity contribution in [2.45, 2.75) is 18.6 Å². The van der Waals surface area contributed by atoms with E-state index in [0.29, 0.717) is 18.2 Å². The van der Waals surface area contributed by atoms with E-state index in [9.17, 15) is 0 Å². The third-order valence-corrected chi connectivity index (χ3v) is 2.29. The molecule has 0 amide bonds. The topological polar surface area (TPSA) is 18.5 Å². The molecule has 0 aliphatic carbocycles. The summed E-state index contributed by atoms with van der Waals surface area (Å²) in [5.41, 5.74) is 0. The quantitative estimate of drug-likeness (QED) is 0.647. The SMILES string of the molecule is ClCCC1(CCl)OCCCO1. The second-order valence-corrected chi connectivity index (χ2v) is 3.18. The maximum absolute atomic E-state index is 5.71. The van der Waals surface area contributed by atoms with Gasteiger partial charge >= 0.3 is 0 Å². The highest BCUT2D eigenvalue weighted by molar-refractivity contribution is 6.19. The third kappa shape index (κ3) is 2.48. The van der Waals surface area contributed by atoms with Crippen LogP contribution in [0.4, 0.5) is 0 Å². The fraction of sp³-hybridized carbons (Fsp3) is 1.00. The average Bonchev–Trinajstić information content (AvgIpc) is 2.07. The lowest BCUT2D eigenvalue weighted by molar-refractivity contribution is -0.253. The van der Waals surface area contributed by atoms with Crippen molar-refractivity contribution in [1.82, 2.24) is 0 Å². The van der Waals surface area contributed by atoms with Gasteiger partial charge in [0.2, 0.25) is 0 Å². The van der Waals surface area contributed by atoms with Crippen molar-refractivity contribution in [2.75, 3.05) is 25.0 Å². The molecule has 4 heteroatoms. The first kappa shape index (κ1) is 9.59. The maximum atomic E-state index is 5.71. The number of hydrogen-bond donors (Lipinski definition) is 0. The van der Waals surface area contributed by atoms with Crippen molar-refractivity contribution >= 4 is 23.2 Å². The lowest BCUT2D eigenvalue weighted by Crippen LogP contribution is -2.42. The molecule has 1 heterocycles. The van der Waals surface area contributed by atoms with Gasteiger partial charge in [-0.05, 0) is 6.42 Å². The molecule has 0 atom stereocenters. The zero-order valence-corrected chi connectivity index (χ0v) is 7.83. The van der Waals surface area contributed by atoms with Gasteiger partial charge in [-0.25, -0.2) is 0 Å². The van der Waals surface area contributed by atoms with E-state index >= 15 is 0 Å². The first-order chi connectivity index (χ1) is 5.33. The first-order valence-corrected chi connectivity index (χ1v) is 4.80. The molecule has 0 spiro atoms. The second kappa shape index (κ2) is 4.51. The van der Waals surface area contributed by atoms with E-state index in [1.807, 2.05) is 0 Å². The van der Waals surface area contributed by atoms with E-state index < -0.39 is 5.79 Å². The summed E-state index contributed by atoms with van der Waals surface area (Å²) in [7, 11) is 0. The molecule has 1 saturated heterocycles. The van der Waals surface area contributed by atoms with Crippen LogP contribution in [0.3, 0.4) is 0 Å². The zero-order chi connectivity index (χ0) is 8.16. The number of ether oxygens (including phenoxy) is 2. The Morgan fingerprint density at radius 1 is 1.18 bits per heavy atom. The lowest BCUT2D eigenvalue weighted by atomic mass is 10.2. The van der Waals surface area contributed by atoms with E-state index in [-0.39, 0.29) is 0 Å². The molecule has 0 N–H and O–H groups in total. The Morgan fingerprint density at radius 2 is 1.82 bits per heavy atom. The predicted molar refractivity (Wildman–Crippen MR) is 45.3 cm³/mol. The molecule has 11 heavy (non-hydrogen) atoms. The van der Waals surface area contributed by atoms with Crippen LogP contribution >= 0.6 is 23.2 Å². The Labute approximate surface area is 76.8 Å². The van der Waals surface area contributed by atoms with Crippen molar-refractivity contribution in [3.8, 4) is 0 Å². The van der Waals surface area contributed by atoms with Gasteiger partial charge in [-0.2, -0.15) is 0 Å². The highest BCUT2D eigenvalue weighted by Crippen LogP contribution is 2.24. The van der Waals surface area contributed by atoms with Crippen molar-refractivity contribution in [3.63, 3.8) is 0 Å². The molecule has 0 saturated carbocycles. The van der Waals surface area contributed by atoms with Gasteiger partial charge in [0.05, 0.1) is 19.1 Å². The largest absolute Gasteiger partial charge is 0.349 e. The summed E-state index contributed by atoms with van der Waals surface area (Å²) in [6.45, 7) is 1.45. The van der Waals surface area contributed by atoms with Gasteiger partial charge in [0.25, 0.3) is 0 Å². The molecule has 0 unspecified atom stereocenters. The van der Waals surface area contributed by atoms with Crippen molar-refractivity contribution in [3.05, 3.63) is 0 Å². The monoisotopic (exact) mass is 198 g/mol. The van der Waals surface area contributed by atoms with Gasteiger partial charge < -0.3 is 9.47 Å². The van der Waals surface area contributed by atoms with Crippen LogP contribution in [-0.4, -0.2) is 30.8 Å². The minimum atomic E-state index is -0.596. The summed E-state index contributed by atoms with van der Waals surface area (Å²) < 4.78 is 10.8. The van der Waals surface area contributed by atoms with Gasteiger partial charge in [-0.1, -0.05) is 0 Å². The van der Waals surface area contributed by atoms with Crippen LogP contribution in [0.5, 0.6) is 0 Å². The summed E-state index contributed by atoms with van der Waals surface area (Å²) in [4.78, 5) is 0. The van der Waals surface area contributed by atoms with E-state index in [1.165, 1.54) is 0 Å². The maximum Gasteiger partial charge on any atom is 0.182 e. The normalized spacial score (nSPS) is 23.5. The smallest absolute Gasteiger partial charge is 0.182 e. The van der Waals surface area contributed by atoms with Crippen molar-refractivity contribution < 1.29 is 9.47 Å². The second-order valence-electron chi connectivity index (χ2n) is 2.53. The van der Waals surface area contributed by atoms with E-state index in [4.69, 9.17) is 32.7 Å². The predicted octanol–water partition coefficient (Wildman–Crippen LogP) is 1.99. The van der Waals surface area contributed by atoms with Crippen LogP contribution in [0, 0.1) is 0 Å². The Kier molecular flexibility index (Phi) is 3.93. The Morgan fingerprint density at radius 3 is 2.27 bits per heavy atom. The minimum absolute atomic E-state index is 0.361. The summed E-state index contributed by atoms with van der Waals surface area (Å²) >= 11 is 11.3. The highest BCUT2D eigenvalue weighted by Gasteiger charge is 2.32. The number of alkyl halides is 2. The summed E-state index contributed by atoms with van der Waals surface area (Å²) in [5, 5.41) is 0. The fourth-order valence-electron chi connectivity index (χ4n) is 1.05. The number of halogens is 2. The molecule has 0 aromatic rings. The minimum Gasteiger partial charge on any atom is -0.349 e. The average molecular weight is 199 g/mol. The van der Waals surface area contributed by atoms with Gasteiger partial charge in [0.1, 0.15) is 0 Å². The number of rotatable bonds is 3. The Bertz CT molecular complexity index is 107. The Balaban J connectivity index is 2.42. The molecule has 1 rings (SSSR count).